The molecule has 0 aliphatic rings. The van der Waals surface area contributed by atoms with E-state index in [-0.39, 0.29) is 10.5 Å². The summed E-state index contributed by atoms with van der Waals surface area (Å²) < 4.78 is 33.7. The Labute approximate surface area is 189 Å². The second-order valence-corrected chi connectivity index (χ2v) is 9.76. The molecular formula is C24H18BrNO4S. The van der Waals surface area contributed by atoms with Gasteiger partial charge in [-0.1, -0.05) is 52.3 Å². The predicted molar refractivity (Wildman–Crippen MR) is 125 cm³/mol. The van der Waals surface area contributed by atoms with E-state index >= 15 is 0 Å². The van der Waals surface area contributed by atoms with E-state index in [0.29, 0.717) is 11.4 Å². The third-order valence-electron chi connectivity index (χ3n) is 4.83. The van der Waals surface area contributed by atoms with Gasteiger partial charge in [0.05, 0.1) is 16.1 Å². The average molecular weight is 496 g/mol. The van der Waals surface area contributed by atoms with Gasteiger partial charge in [0.2, 0.25) is 0 Å². The minimum atomic E-state index is -3.83. The fourth-order valence-corrected chi connectivity index (χ4v) is 4.76. The smallest absolute Gasteiger partial charge is 0.343 e. The lowest BCUT2D eigenvalue weighted by Crippen LogP contribution is -2.26. The van der Waals surface area contributed by atoms with Crippen molar-refractivity contribution in [3.8, 4) is 5.75 Å². The number of ether oxygens (including phenoxy) is 1. The Morgan fingerprint density at radius 1 is 0.839 bits per heavy atom. The first-order valence-electron chi connectivity index (χ1n) is 9.40. The zero-order chi connectivity index (χ0) is 22.0. The first-order chi connectivity index (χ1) is 14.8. The molecule has 156 valence electrons. The van der Waals surface area contributed by atoms with Gasteiger partial charge < -0.3 is 4.74 Å². The Hall–Kier alpha value is -3.16. The lowest BCUT2D eigenvalue weighted by Gasteiger charge is -2.19. The molecule has 0 aliphatic carbocycles. The van der Waals surface area contributed by atoms with Crippen molar-refractivity contribution in [1.82, 2.24) is 0 Å². The number of carbonyl (C=O) groups excluding carboxylic acids is 1. The molecule has 0 aliphatic heterocycles. The van der Waals surface area contributed by atoms with Gasteiger partial charge in [-0.15, -0.1) is 0 Å². The third-order valence-corrected chi connectivity index (χ3v) is 7.11. The van der Waals surface area contributed by atoms with Crippen molar-refractivity contribution in [2.24, 2.45) is 0 Å². The van der Waals surface area contributed by atoms with Crippen molar-refractivity contribution < 1.29 is 17.9 Å². The highest BCUT2D eigenvalue weighted by atomic mass is 79.9. The summed E-state index contributed by atoms with van der Waals surface area (Å²) in [5, 5.41) is 1.93. The Bertz CT molecular complexity index is 1370. The fraction of sp³-hybridized carbons (Fsp3) is 0.0417. The van der Waals surface area contributed by atoms with E-state index in [1.807, 2.05) is 30.3 Å². The van der Waals surface area contributed by atoms with Crippen LogP contribution in [-0.4, -0.2) is 21.4 Å². The van der Waals surface area contributed by atoms with Crippen LogP contribution >= 0.6 is 15.9 Å². The van der Waals surface area contributed by atoms with E-state index in [9.17, 15) is 13.2 Å². The topological polar surface area (TPSA) is 63.7 Å². The molecule has 7 heteroatoms. The summed E-state index contributed by atoms with van der Waals surface area (Å²) >= 11 is 3.43. The van der Waals surface area contributed by atoms with Crippen LogP contribution in [0.15, 0.2) is 100 Å². The second kappa shape index (κ2) is 8.53. The molecule has 4 rings (SSSR count). The highest BCUT2D eigenvalue weighted by Gasteiger charge is 2.22. The lowest BCUT2D eigenvalue weighted by molar-refractivity contribution is 0.0734. The molecule has 0 unspecified atom stereocenters. The maximum absolute atomic E-state index is 13.0. The molecule has 0 radical (unpaired) electrons. The summed E-state index contributed by atoms with van der Waals surface area (Å²) in [5.74, 6) is -0.245. The zero-order valence-corrected chi connectivity index (χ0v) is 18.9. The van der Waals surface area contributed by atoms with Crippen LogP contribution in [0.3, 0.4) is 0 Å². The van der Waals surface area contributed by atoms with E-state index in [4.69, 9.17) is 4.74 Å². The highest BCUT2D eigenvalue weighted by Crippen LogP contribution is 2.26. The van der Waals surface area contributed by atoms with Crippen molar-refractivity contribution in [3.05, 3.63) is 101 Å². The fourth-order valence-electron chi connectivity index (χ4n) is 3.14. The van der Waals surface area contributed by atoms with Crippen molar-refractivity contribution in [2.45, 2.75) is 4.90 Å². The Morgan fingerprint density at radius 3 is 2.32 bits per heavy atom. The summed E-state index contributed by atoms with van der Waals surface area (Å²) in [6.45, 7) is 0. The van der Waals surface area contributed by atoms with Gasteiger partial charge in [-0.05, 0) is 65.4 Å². The van der Waals surface area contributed by atoms with Gasteiger partial charge in [-0.25, -0.2) is 13.2 Å². The quantitative estimate of drug-likeness (QED) is 0.265. The zero-order valence-electron chi connectivity index (χ0n) is 16.5. The first kappa shape index (κ1) is 21.1. The highest BCUT2D eigenvalue weighted by molar-refractivity contribution is 9.10. The molecule has 0 amide bonds. The molecule has 5 nitrogen and oxygen atoms in total. The number of para-hydroxylation sites is 1. The number of rotatable bonds is 5. The molecule has 0 saturated heterocycles. The first-order valence-corrected chi connectivity index (χ1v) is 11.6. The van der Waals surface area contributed by atoms with Crippen LogP contribution in [0.5, 0.6) is 5.75 Å². The number of carbonyl (C=O) groups is 1. The van der Waals surface area contributed by atoms with Crippen LogP contribution in [0, 0.1) is 0 Å². The SMILES string of the molecule is CN(c1ccccc1)S(=O)(=O)c1cccc(C(=O)Oc2ccc3cc(Br)ccc3c2)c1. The normalized spacial score (nSPS) is 11.3. The van der Waals surface area contributed by atoms with E-state index in [0.717, 1.165) is 15.2 Å². The van der Waals surface area contributed by atoms with Crippen LogP contribution in [0.25, 0.3) is 10.8 Å². The maximum Gasteiger partial charge on any atom is 0.343 e. The van der Waals surface area contributed by atoms with Crippen molar-refractivity contribution >= 4 is 48.4 Å². The molecule has 0 bridgehead atoms. The maximum atomic E-state index is 13.0. The number of nitrogens with zero attached hydrogens (tertiary/aromatic N) is 1. The van der Waals surface area contributed by atoms with Gasteiger partial charge in [0, 0.05) is 11.5 Å². The van der Waals surface area contributed by atoms with Gasteiger partial charge in [-0.2, -0.15) is 0 Å². The number of esters is 1. The van der Waals surface area contributed by atoms with Gasteiger partial charge in [0.1, 0.15) is 5.75 Å². The molecule has 0 aromatic heterocycles. The minimum Gasteiger partial charge on any atom is -0.423 e. The van der Waals surface area contributed by atoms with Crippen LogP contribution in [0.2, 0.25) is 0 Å². The number of fused-ring (bicyclic) bond motifs is 1. The molecule has 0 fully saturated rings. The minimum absolute atomic E-state index is 0.0108. The Morgan fingerprint density at radius 2 is 1.55 bits per heavy atom. The number of anilines is 1. The lowest BCUT2D eigenvalue weighted by atomic mass is 10.1. The standard InChI is InChI=1S/C24H18BrNO4S/c1-26(21-7-3-2-4-8-21)31(28,29)23-9-5-6-19(16-23)24(27)30-22-13-11-17-14-20(25)12-10-18(17)15-22/h2-16H,1H3. The predicted octanol–water partition coefficient (Wildman–Crippen LogP) is 5.65. The number of benzene rings is 4. The van der Waals surface area contributed by atoms with Crippen molar-refractivity contribution in [1.29, 1.82) is 0 Å². The van der Waals surface area contributed by atoms with Gasteiger partial charge in [0.15, 0.2) is 0 Å². The van der Waals surface area contributed by atoms with E-state index in [1.54, 1.807) is 36.4 Å². The van der Waals surface area contributed by atoms with Gasteiger partial charge in [-0.3, -0.25) is 4.31 Å². The van der Waals surface area contributed by atoms with Gasteiger partial charge >= 0.3 is 5.97 Å². The molecule has 31 heavy (non-hydrogen) atoms. The van der Waals surface area contributed by atoms with Crippen molar-refractivity contribution in [2.75, 3.05) is 11.4 Å². The third kappa shape index (κ3) is 4.47. The van der Waals surface area contributed by atoms with Crippen LogP contribution in [-0.2, 0) is 10.0 Å². The Balaban J connectivity index is 1.59. The monoisotopic (exact) mass is 495 g/mol. The Kier molecular flexibility index (Phi) is 5.80. The average Bonchev–Trinajstić information content (AvgIpc) is 2.79. The van der Waals surface area contributed by atoms with E-state index < -0.39 is 16.0 Å². The number of hydrogen-bond donors (Lipinski definition) is 0. The summed E-state index contributed by atoms with van der Waals surface area (Å²) in [7, 11) is -2.36. The molecule has 0 saturated carbocycles. The summed E-state index contributed by atoms with van der Waals surface area (Å²) in [6.07, 6.45) is 0. The molecule has 0 atom stereocenters. The molecule has 4 aromatic carbocycles. The molecule has 0 N–H and O–H groups in total. The van der Waals surface area contributed by atoms with Crippen LogP contribution < -0.4 is 9.04 Å². The second-order valence-electron chi connectivity index (χ2n) is 6.88. The van der Waals surface area contributed by atoms with Crippen molar-refractivity contribution in [3.63, 3.8) is 0 Å². The summed E-state index contributed by atoms with van der Waals surface area (Å²) in [6, 6.07) is 25.7. The summed E-state index contributed by atoms with van der Waals surface area (Å²) in [4.78, 5) is 12.7. The molecule has 0 heterocycles. The molecular weight excluding hydrogens is 478 g/mol. The number of halogens is 1. The molecule has 0 spiro atoms. The number of sulfonamides is 1. The summed E-state index contributed by atoms with van der Waals surface area (Å²) in [5.41, 5.74) is 0.678. The van der Waals surface area contributed by atoms with Crippen LogP contribution in [0.1, 0.15) is 10.4 Å². The number of hydrogen-bond acceptors (Lipinski definition) is 4. The van der Waals surface area contributed by atoms with Crippen LogP contribution in [0.4, 0.5) is 5.69 Å². The van der Waals surface area contributed by atoms with Gasteiger partial charge in [0.25, 0.3) is 10.0 Å². The molecule has 4 aromatic rings. The van der Waals surface area contributed by atoms with E-state index in [1.165, 1.54) is 35.6 Å². The van der Waals surface area contributed by atoms with E-state index in [2.05, 4.69) is 15.9 Å². The largest absolute Gasteiger partial charge is 0.423 e.